The number of nitrogens with zero attached hydrogens (tertiary/aromatic N) is 1. The summed E-state index contributed by atoms with van der Waals surface area (Å²) in [5.41, 5.74) is 0.0581. The number of methoxy groups -OCH3 is 2. The van der Waals surface area contributed by atoms with E-state index < -0.39 is 5.60 Å². The maximum Gasteiger partial charge on any atom is 0.137 e. The molecule has 0 radical (unpaired) electrons. The molecular formula is C13H19NO3. The molecule has 0 amide bonds. The first kappa shape index (κ1) is 12.3. The first-order valence-corrected chi connectivity index (χ1v) is 5.92. The summed E-state index contributed by atoms with van der Waals surface area (Å²) in [5, 5.41) is 10.6. The molecule has 0 aliphatic heterocycles. The lowest BCUT2D eigenvalue weighted by molar-refractivity contribution is -0.0477. The van der Waals surface area contributed by atoms with E-state index in [0.717, 1.165) is 18.4 Å². The fourth-order valence-corrected chi connectivity index (χ4v) is 2.38. The minimum absolute atomic E-state index is 0.272. The fourth-order valence-electron chi connectivity index (χ4n) is 2.38. The molecule has 0 atom stereocenters. The summed E-state index contributed by atoms with van der Waals surface area (Å²) in [6.45, 7) is 0. The lowest BCUT2D eigenvalue weighted by Gasteiger charge is -2.35. The predicted molar refractivity (Wildman–Crippen MR) is 64.0 cm³/mol. The number of hydrogen-bond acceptors (Lipinski definition) is 4. The number of pyridine rings is 1. The Balaban J connectivity index is 2.15. The van der Waals surface area contributed by atoms with E-state index in [2.05, 4.69) is 4.98 Å². The largest absolute Gasteiger partial charge is 0.495 e. The van der Waals surface area contributed by atoms with Gasteiger partial charge in [-0.15, -0.1) is 0 Å². The van der Waals surface area contributed by atoms with Crippen molar-refractivity contribution in [1.29, 1.82) is 0 Å². The van der Waals surface area contributed by atoms with Gasteiger partial charge in [-0.3, -0.25) is 4.98 Å². The van der Waals surface area contributed by atoms with Gasteiger partial charge in [-0.05, 0) is 31.7 Å². The summed E-state index contributed by atoms with van der Waals surface area (Å²) in [6, 6.07) is 1.86. The smallest absolute Gasteiger partial charge is 0.137 e. The van der Waals surface area contributed by atoms with Crippen molar-refractivity contribution >= 4 is 0 Å². The van der Waals surface area contributed by atoms with Crippen LogP contribution in [0.2, 0.25) is 0 Å². The summed E-state index contributed by atoms with van der Waals surface area (Å²) in [6.07, 6.45) is 6.81. The Kier molecular flexibility index (Phi) is 3.64. The molecule has 94 valence electrons. The van der Waals surface area contributed by atoms with Crippen LogP contribution in [-0.4, -0.2) is 30.4 Å². The first-order chi connectivity index (χ1) is 8.18. The third-order valence-electron chi connectivity index (χ3n) is 3.58. The van der Waals surface area contributed by atoms with Crippen molar-refractivity contribution in [3.05, 3.63) is 24.0 Å². The van der Waals surface area contributed by atoms with E-state index in [9.17, 15) is 5.11 Å². The van der Waals surface area contributed by atoms with Crippen LogP contribution in [-0.2, 0) is 10.3 Å². The van der Waals surface area contributed by atoms with E-state index in [1.54, 1.807) is 26.6 Å². The zero-order valence-corrected chi connectivity index (χ0v) is 10.3. The van der Waals surface area contributed by atoms with Gasteiger partial charge in [0.05, 0.1) is 25.0 Å². The molecule has 0 spiro atoms. The number of aliphatic hydroxyl groups is 1. The standard InChI is InChI=1S/C13H19NO3/c1-16-11-3-5-13(15,6-4-11)10-7-12(17-2)9-14-8-10/h7-9,11,15H,3-6H2,1-2H3. The molecule has 2 rings (SSSR count). The second-order valence-electron chi connectivity index (χ2n) is 4.58. The van der Waals surface area contributed by atoms with Crippen molar-refractivity contribution < 1.29 is 14.6 Å². The summed E-state index contributed by atoms with van der Waals surface area (Å²) in [7, 11) is 3.33. The van der Waals surface area contributed by atoms with Crippen LogP contribution in [0.1, 0.15) is 31.2 Å². The van der Waals surface area contributed by atoms with E-state index in [1.165, 1.54) is 0 Å². The second-order valence-corrected chi connectivity index (χ2v) is 4.58. The Hall–Kier alpha value is -1.13. The highest BCUT2D eigenvalue weighted by atomic mass is 16.5. The first-order valence-electron chi connectivity index (χ1n) is 5.92. The van der Waals surface area contributed by atoms with E-state index >= 15 is 0 Å². The van der Waals surface area contributed by atoms with Crippen LogP contribution in [0.3, 0.4) is 0 Å². The molecule has 1 fully saturated rings. The van der Waals surface area contributed by atoms with Crippen LogP contribution in [0.5, 0.6) is 5.75 Å². The summed E-state index contributed by atoms with van der Waals surface area (Å²) in [5.74, 6) is 0.685. The van der Waals surface area contributed by atoms with Gasteiger partial charge in [0.1, 0.15) is 5.75 Å². The number of aromatic nitrogens is 1. The molecule has 1 heterocycles. The molecule has 0 bridgehead atoms. The molecule has 0 unspecified atom stereocenters. The Labute approximate surface area is 102 Å². The van der Waals surface area contributed by atoms with Crippen LogP contribution in [0.4, 0.5) is 0 Å². The molecule has 17 heavy (non-hydrogen) atoms. The van der Waals surface area contributed by atoms with Gasteiger partial charge < -0.3 is 14.6 Å². The van der Waals surface area contributed by atoms with Crippen molar-refractivity contribution in [1.82, 2.24) is 4.98 Å². The van der Waals surface area contributed by atoms with E-state index in [-0.39, 0.29) is 6.10 Å². The van der Waals surface area contributed by atoms with Gasteiger partial charge in [0.2, 0.25) is 0 Å². The average Bonchev–Trinajstić information content (AvgIpc) is 2.40. The SMILES string of the molecule is COc1cncc(C2(O)CCC(OC)CC2)c1. The van der Waals surface area contributed by atoms with Crippen LogP contribution in [0.15, 0.2) is 18.5 Å². The maximum atomic E-state index is 10.6. The third-order valence-corrected chi connectivity index (χ3v) is 3.58. The second kappa shape index (κ2) is 5.02. The topological polar surface area (TPSA) is 51.6 Å². The van der Waals surface area contributed by atoms with E-state index in [0.29, 0.717) is 18.6 Å². The van der Waals surface area contributed by atoms with Crippen LogP contribution in [0.25, 0.3) is 0 Å². The van der Waals surface area contributed by atoms with Gasteiger partial charge in [0.25, 0.3) is 0 Å². The lowest BCUT2D eigenvalue weighted by Crippen LogP contribution is -2.34. The quantitative estimate of drug-likeness (QED) is 0.872. The van der Waals surface area contributed by atoms with Gasteiger partial charge in [-0.2, -0.15) is 0 Å². The Morgan fingerprint density at radius 1 is 1.29 bits per heavy atom. The van der Waals surface area contributed by atoms with Gasteiger partial charge >= 0.3 is 0 Å². The van der Waals surface area contributed by atoms with Gasteiger partial charge in [0, 0.05) is 18.9 Å². The molecule has 1 aromatic rings. The molecule has 4 heteroatoms. The number of ether oxygens (including phenoxy) is 2. The molecule has 1 aliphatic rings. The van der Waals surface area contributed by atoms with Gasteiger partial charge in [-0.1, -0.05) is 0 Å². The van der Waals surface area contributed by atoms with E-state index in [1.807, 2.05) is 6.07 Å². The molecule has 4 nitrogen and oxygen atoms in total. The molecule has 1 aromatic heterocycles. The van der Waals surface area contributed by atoms with Crippen molar-refractivity contribution in [2.45, 2.75) is 37.4 Å². The molecule has 0 aromatic carbocycles. The molecular weight excluding hydrogens is 218 g/mol. The minimum atomic E-state index is -0.781. The van der Waals surface area contributed by atoms with Crippen molar-refractivity contribution in [2.24, 2.45) is 0 Å². The third kappa shape index (κ3) is 2.58. The lowest BCUT2D eigenvalue weighted by atomic mass is 9.79. The predicted octanol–water partition coefficient (Wildman–Crippen LogP) is 1.87. The highest BCUT2D eigenvalue weighted by Gasteiger charge is 2.35. The van der Waals surface area contributed by atoms with Crippen LogP contribution in [0, 0.1) is 0 Å². The molecule has 1 aliphatic carbocycles. The normalized spacial score (nSPS) is 29.0. The zero-order chi connectivity index (χ0) is 12.3. The Bertz CT molecular complexity index is 373. The summed E-state index contributed by atoms with van der Waals surface area (Å²) in [4.78, 5) is 4.10. The minimum Gasteiger partial charge on any atom is -0.495 e. The Morgan fingerprint density at radius 3 is 2.59 bits per heavy atom. The maximum absolute atomic E-state index is 10.6. The van der Waals surface area contributed by atoms with Gasteiger partial charge in [-0.25, -0.2) is 0 Å². The zero-order valence-electron chi connectivity index (χ0n) is 10.3. The van der Waals surface area contributed by atoms with Crippen LogP contribution >= 0.6 is 0 Å². The van der Waals surface area contributed by atoms with Crippen molar-refractivity contribution in [2.75, 3.05) is 14.2 Å². The van der Waals surface area contributed by atoms with Gasteiger partial charge in [0.15, 0.2) is 0 Å². The highest BCUT2D eigenvalue weighted by molar-refractivity contribution is 5.28. The molecule has 1 saturated carbocycles. The average molecular weight is 237 g/mol. The fraction of sp³-hybridized carbons (Fsp3) is 0.615. The monoisotopic (exact) mass is 237 g/mol. The Morgan fingerprint density at radius 2 is 2.00 bits per heavy atom. The summed E-state index contributed by atoms with van der Waals surface area (Å²) < 4.78 is 10.4. The number of rotatable bonds is 3. The molecule has 1 N–H and O–H groups in total. The highest BCUT2D eigenvalue weighted by Crippen LogP contribution is 2.38. The molecule has 0 saturated heterocycles. The van der Waals surface area contributed by atoms with E-state index in [4.69, 9.17) is 9.47 Å². The van der Waals surface area contributed by atoms with Crippen molar-refractivity contribution in [3.8, 4) is 5.75 Å². The van der Waals surface area contributed by atoms with Crippen molar-refractivity contribution in [3.63, 3.8) is 0 Å². The summed E-state index contributed by atoms with van der Waals surface area (Å²) >= 11 is 0. The van der Waals surface area contributed by atoms with Crippen LogP contribution < -0.4 is 4.74 Å². The number of hydrogen-bond donors (Lipinski definition) is 1.